The number of piperidine rings is 1. The lowest BCUT2D eigenvalue weighted by Crippen LogP contribution is -2.33. The molecule has 0 unspecified atom stereocenters. The Bertz CT molecular complexity index is 1090. The highest BCUT2D eigenvalue weighted by Gasteiger charge is 2.31. The summed E-state index contributed by atoms with van der Waals surface area (Å²) in [4.78, 5) is 26.7. The molecule has 2 aliphatic carbocycles. The molecule has 3 aliphatic rings. The lowest BCUT2D eigenvalue weighted by molar-refractivity contribution is -0.118. The number of hydrogen-bond acceptors (Lipinski definition) is 3. The van der Waals surface area contributed by atoms with E-state index in [-0.39, 0.29) is 23.7 Å². The molecule has 3 fully saturated rings. The quantitative estimate of drug-likeness (QED) is 0.402. The highest BCUT2D eigenvalue weighted by Crippen LogP contribution is 2.36. The zero-order valence-corrected chi connectivity index (χ0v) is 21.5. The molecule has 2 aromatic carbocycles. The van der Waals surface area contributed by atoms with E-state index in [1.54, 1.807) is 6.07 Å². The fourth-order valence-electron chi connectivity index (χ4n) is 4.93. The summed E-state index contributed by atoms with van der Waals surface area (Å²) in [7, 11) is 0. The molecule has 0 aromatic heterocycles. The number of rotatable bonds is 9. The predicted octanol–water partition coefficient (Wildman–Crippen LogP) is 6.50. The second kappa shape index (κ2) is 10.9. The van der Waals surface area contributed by atoms with Crippen molar-refractivity contribution in [1.29, 1.82) is 0 Å². The standard InChI is InChI=1S/C28H33Cl2N3O2/c29-24-10-11-25(32-28(35)20-8-9-20)26(30)23(24)5-2-14-33-15-12-18(13-16-33)21-3-1-4-22(17-21)31-27(34)19-6-7-19/h1,3-4,10-11,17-20H,2,5-9,12-16H2,(H,31,34)(H,32,35). The zero-order chi connectivity index (χ0) is 24.4. The molecule has 2 aromatic rings. The minimum Gasteiger partial charge on any atom is -0.326 e. The van der Waals surface area contributed by atoms with E-state index < -0.39 is 0 Å². The molecule has 2 amide bonds. The lowest BCUT2D eigenvalue weighted by Gasteiger charge is -2.32. The van der Waals surface area contributed by atoms with Crippen molar-refractivity contribution in [2.24, 2.45) is 11.8 Å². The van der Waals surface area contributed by atoms with E-state index in [0.717, 1.165) is 82.3 Å². The van der Waals surface area contributed by atoms with Crippen molar-refractivity contribution in [1.82, 2.24) is 4.90 Å². The molecule has 7 heteroatoms. The van der Waals surface area contributed by atoms with Gasteiger partial charge in [0.15, 0.2) is 0 Å². The number of carbonyl (C=O) groups excluding carboxylic acids is 2. The van der Waals surface area contributed by atoms with Gasteiger partial charge in [0.05, 0.1) is 10.7 Å². The first-order valence-electron chi connectivity index (χ1n) is 12.9. The van der Waals surface area contributed by atoms with Gasteiger partial charge < -0.3 is 15.5 Å². The molecule has 35 heavy (non-hydrogen) atoms. The summed E-state index contributed by atoms with van der Waals surface area (Å²) in [6, 6.07) is 12.0. The first-order valence-corrected chi connectivity index (χ1v) is 13.6. The number of halogens is 2. The van der Waals surface area contributed by atoms with E-state index in [2.05, 4.69) is 33.7 Å². The molecule has 186 valence electrons. The molecule has 0 bridgehead atoms. The molecule has 5 nitrogen and oxygen atoms in total. The number of carbonyl (C=O) groups is 2. The number of hydrogen-bond donors (Lipinski definition) is 2. The summed E-state index contributed by atoms with van der Waals surface area (Å²) >= 11 is 13.1. The number of benzene rings is 2. The average molecular weight is 514 g/mol. The number of likely N-dealkylation sites (tertiary alicyclic amines) is 1. The third kappa shape index (κ3) is 6.38. The molecular formula is C28H33Cl2N3O2. The molecule has 0 spiro atoms. The lowest BCUT2D eigenvalue weighted by atomic mass is 9.89. The van der Waals surface area contributed by atoms with Gasteiger partial charge in [-0.2, -0.15) is 0 Å². The van der Waals surface area contributed by atoms with E-state index in [1.807, 2.05) is 12.1 Å². The van der Waals surface area contributed by atoms with Gasteiger partial charge in [0.25, 0.3) is 0 Å². The summed E-state index contributed by atoms with van der Waals surface area (Å²) in [6.45, 7) is 3.11. The molecule has 0 radical (unpaired) electrons. The molecule has 0 atom stereocenters. The van der Waals surface area contributed by atoms with Gasteiger partial charge in [-0.1, -0.05) is 35.3 Å². The summed E-state index contributed by atoms with van der Waals surface area (Å²) < 4.78 is 0. The van der Waals surface area contributed by atoms with Crippen LogP contribution in [-0.2, 0) is 16.0 Å². The van der Waals surface area contributed by atoms with Crippen molar-refractivity contribution in [2.75, 3.05) is 30.3 Å². The monoisotopic (exact) mass is 513 g/mol. The van der Waals surface area contributed by atoms with E-state index in [0.29, 0.717) is 21.7 Å². The van der Waals surface area contributed by atoms with Gasteiger partial charge in [-0.05, 0) is 112 Å². The van der Waals surface area contributed by atoms with Crippen molar-refractivity contribution in [3.63, 3.8) is 0 Å². The second-order valence-electron chi connectivity index (χ2n) is 10.3. The smallest absolute Gasteiger partial charge is 0.227 e. The van der Waals surface area contributed by atoms with E-state index in [1.165, 1.54) is 5.56 Å². The number of amides is 2. The van der Waals surface area contributed by atoms with Gasteiger partial charge in [0, 0.05) is 22.5 Å². The van der Waals surface area contributed by atoms with Crippen molar-refractivity contribution in [3.05, 3.63) is 57.6 Å². The second-order valence-corrected chi connectivity index (χ2v) is 11.0. The Morgan fingerprint density at radius 1 is 0.886 bits per heavy atom. The van der Waals surface area contributed by atoms with Crippen molar-refractivity contribution in [2.45, 2.75) is 57.3 Å². The minimum atomic E-state index is 0.0545. The fraction of sp³-hybridized carbons (Fsp3) is 0.500. The van der Waals surface area contributed by atoms with Gasteiger partial charge in [0.1, 0.15) is 0 Å². The van der Waals surface area contributed by atoms with Gasteiger partial charge in [-0.3, -0.25) is 9.59 Å². The summed E-state index contributed by atoms with van der Waals surface area (Å²) in [5, 5.41) is 7.26. The Balaban J connectivity index is 1.10. The van der Waals surface area contributed by atoms with Crippen LogP contribution in [0.1, 0.15) is 62.0 Å². The Labute approximate surface area is 217 Å². The summed E-state index contributed by atoms with van der Waals surface area (Å²) in [6.07, 6.45) is 7.94. The molecule has 2 saturated carbocycles. The molecule has 1 saturated heterocycles. The van der Waals surface area contributed by atoms with E-state index in [4.69, 9.17) is 23.2 Å². The Morgan fingerprint density at radius 3 is 2.26 bits per heavy atom. The van der Waals surface area contributed by atoms with Gasteiger partial charge in [-0.25, -0.2) is 0 Å². The van der Waals surface area contributed by atoms with Crippen molar-refractivity contribution < 1.29 is 9.59 Å². The van der Waals surface area contributed by atoms with Crippen LogP contribution in [0.15, 0.2) is 36.4 Å². The Morgan fingerprint density at radius 2 is 1.57 bits per heavy atom. The largest absolute Gasteiger partial charge is 0.326 e. The van der Waals surface area contributed by atoms with Crippen LogP contribution in [0.2, 0.25) is 10.0 Å². The van der Waals surface area contributed by atoms with Crippen LogP contribution >= 0.6 is 23.2 Å². The molecular weight excluding hydrogens is 481 g/mol. The molecule has 1 aliphatic heterocycles. The van der Waals surface area contributed by atoms with E-state index in [9.17, 15) is 9.59 Å². The van der Waals surface area contributed by atoms with Gasteiger partial charge in [0.2, 0.25) is 11.8 Å². The topological polar surface area (TPSA) is 61.4 Å². The maximum absolute atomic E-state index is 12.1. The van der Waals surface area contributed by atoms with Crippen LogP contribution in [-0.4, -0.2) is 36.3 Å². The summed E-state index contributed by atoms with van der Waals surface area (Å²) in [5.74, 6) is 1.10. The average Bonchev–Trinajstić information content (AvgIpc) is 3.76. The predicted molar refractivity (Wildman–Crippen MR) is 142 cm³/mol. The van der Waals surface area contributed by atoms with Crippen LogP contribution in [0.4, 0.5) is 11.4 Å². The van der Waals surface area contributed by atoms with Gasteiger partial charge in [-0.15, -0.1) is 0 Å². The van der Waals surface area contributed by atoms with Crippen molar-refractivity contribution >= 4 is 46.4 Å². The van der Waals surface area contributed by atoms with Gasteiger partial charge >= 0.3 is 0 Å². The first kappa shape index (κ1) is 24.6. The highest BCUT2D eigenvalue weighted by atomic mass is 35.5. The zero-order valence-electron chi connectivity index (χ0n) is 20.0. The first-order chi connectivity index (χ1) is 17.0. The minimum absolute atomic E-state index is 0.0545. The van der Waals surface area contributed by atoms with Crippen LogP contribution in [0.3, 0.4) is 0 Å². The fourth-order valence-corrected chi connectivity index (χ4v) is 5.54. The van der Waals surface area contributed by atoms with E-state index >= 15 is 0 Å². The maximum atomic E-state index is 12.1. The molecule has 5 rings (SSSR count). The third-order valence-electron chi connectivity index (χ3n) is 7.45. The van der Waals surface area contributed by atoms with Crippen LogP contribution in [0, 0.1) is 11.8 Å². The van der Waals surface area contributed by atoms with Crippen LogP contribution in [0.5, 0.6) is 0 Å². The van der Waals surface area contributed by atoms with Crippen LogP contribution < -0.4 is 10.6 Å². The third-order valence-corrected chi connectivity index (χ3v) is 8.24. The maximum Gasteiger partial charge on any atom is 0.227 e. The normalized spacial score (nSPS) is 18.9. The highest BCUT2D eigenvalue weighted by molar-refractivity contribution is 6.38. The molecule has 1 heterocycles. The Hall–Kier alpha value is -2.08. The number of anilines is 2. The molecule has 2 N–H and O–H groups in total. The van der Waals surface area contributed by atoms with Crippen LogP contribution in [0.25, 0.3) is 0 Å². The summed E-state index contributed by atoms with van der Waals surface area (Å²) in [5.41, 5.74) is 3.83. The number of nitrogens with one attached hydrogen (secondary N) is 2. The Kier molecular flexibility index (Phi) is 7.66. The number of nitrogens with zero attached hydrogens (tertiary/aromatic N) is 1. The van der Waals surface area contributed by atoms with Crippen molar-refractivity contribution in [3.8, 4) is 0 Å². The SMILES string of the molecule is O=C(Nc1cccc(C2CCN(CCCc3c(Cl)ccc(NC(=O)C4CC4)c3Cl)CC2)c1)C1CC1.